The standard InChI is InChI=1S/C19H18ClFN4/c20-15-4-1-3-14(11-15)12-24-7-9-25(10-8-24)19-18-16(21)5-2-6-17(18)22-13-23-19/h1-6,11,13H,7-10,12H2. The molecule has 0 amide bonds. The zero-order valence-electron chi connectivity index (χ0n) is 13.7. The summed E-state index contributed by atoms with van der Waals surface area (Å²) in [5, 5.41) is 1.27. The molecule has 2 aromatic carbocycles. The Balaban J connectivity index is 1.49. The van der Waals surface area contributed by atoms with Gasteiger partial charge in [0.1, 0.15) is 18.0 Å². The van der Waals surface area contributed by atoms with Crippen LogP contribution in [-0.4, -0.2) is 41.0 Å². The highest BCUT2D eigenvalue weighted by molar-refractivity contribution is 6.30. The van der Waals surface area contributed by atoms with E-state index in [0.29, 0.717) is 16.7 Å². The number of rotatable bonds is 3. The highest BCUT2D eigenvalue weighted by Gasteiger charge is 2.21. The second kappa shape index (κ2) is 6.94. The van der Waals surface area contributed by atoms with E-state index in [-0.39, 0.29) is 5.82 Å². The summed E-state index contributed by atoms with van der Waals surface area (Å²) in [5.74, 6) is 0.417. The van der Waals surface area contributed by atoms with Crippen molar-refractivity contribution in [3.8, 4) is 0 Å². The number of hydrogen-bond donors (Lipinski definition) is 0. The van der Waals surface area contributed by atoms with E-state index in [9.17, 15) is 4.39 Å². The van der Waals surface area contributed by atoms with Crippen molar-refractivity contribution in [2.24, 2.45) is 0 Å². The fraction of sp³-hybridized carbons (Fsp3) is 0.263. The molecule has 1 fully saturated rings. The van der Waals surface area contributed by atoms with Gasteiger partial charge in [0.15, 0.2) is 0 Å². The molecule has 4 nitrogen and oxygen atoms in total. The topological polar surface area (TPSA) is 32.3 Å². The molecule has 128 valence electrons. The molecule has 0 saturated carbocycles. The first-order valence-electron chi connectivity index (χ1n) is 8.32. The SMILES string of the molecule is Fc1cccc2ncnc(N3CCN(Cc4cccc(Cl)c4)CC3)c12. The fourth-order valence-electron chi connectivity index (χ4n) is 3.30. The number of aromatic nitrogens is 2. The maximum absolute atomic E-state index is 14.3. The number of fused-ring (bicyclic) bond motifs is 1. The van der Waals surface area contributed by atoms with Crippen LogP contribution >= 0.6 is 11.6 Å². The minimum Gasteiger partial charge on any atom is -0.353 e. The van der Waals surface area contributed by atoms with Gasteiger partial charge in [-0.05, 0) is 29.8 Å². The quantitative estimate of drug-likeness (QED) is 0.715. The molecule has 0 aliphatic carbocycles. The third-order valence-electron chi connectivity index (χ3n) is 4.56. The second-order valence-corrected chi connectivity index (χ2v) is 6.66. The molecule has 1 aromatic heterocycles. The minimum absolute atomic E-state index is 0.269. The second-order valence-electron chi connectivity index (χ2n) is 6.22. The number of halogens is 2. The predicted molar refractivity (Wildman–Crippen MR) is 98.4 cm³/mol. The van der Waals surface area contributed by atoms with Crippen LogP contribution in [-0.2, 0) is 6.54 Å². The summed E-state index contributed by atoms with van der Waals surface area (Å²) in [4.78, 5) is 13.0. The van der Waals surface area contributed by atoms with Gasteiger partial charge in [0.25, 0.3) is 0 Å². The number of piperazine rings is 1. The highest BCUT2D eigenvalue weighted by atomic mass is 35.5. The Hall–Kier alpha value is -2.24. The first-order chi connectivity index (χ1) is 12.2. The summed E-state index contributed by atoms with van der Waals surface area (Å²) >= 11 is 6.06. The van der Waals surface area contributed by atoms with E-state index in [1.54, 1.807) is 6.07 Å². The molecule has 25 heavy (non-hydrogen) atoms. The molecule has 3 aromatic rings. The van der Waals surface area contributed by atoms with E-state index in [0.717, 1.165) is 37.7 Å². The summed E-state index contributed by atoms with van der Waals surface area (Å²) in [6.07, 6.45) is 1.51. The van der Waals surface area contributed by atoms with Crippen LogP contribution in [0.5, 0.6) is 0 Å². The molecule has 0 bridgehead atoms. The lowest BCUT2D eigenvalue weighted by molar-refractivity contribution is 0.249. The van der Waals surface area contributed by atoms with E-state index >= 15 is 0 Å². The Kier molecular flexibility index (Phi) is 4.51. The average molecular weight is 357 g/mol. The summed E-state index contributed by atoms with van der Waals surface area (Å²) < 4.78 is 14.3. The van der Waals surface area contributed by atoms with Gasteiger partial charge in [-0.15, -0.1) is 0 Å². The third-order valence-corrected chi connectivity index (χ3v) is 4.79. The van der Waals surface area contributed by atoms with Gasteiger partial charge in [-0.25, -0.2) is 14.4 Å². The lowest BCUT2D eigenvalue weighted by Gasteiger charge is -2.35. The Labute approximate surface area is 150 Å². The number of benzene rings is 2. The Morgan fingerprint density at radius 3 is 2.60 bits per heavy atom. The summed E-state index contributed by atoms with van der Waals surface area (Å²) in [7, 11) is 0. The first kappa shape index (κ1) is 16.2. The van der Waals surface area contributed by atoms with Crippen LogP contribution in [0.2, 0.25) is 5.02 Å². The van der Waals surface area contributed by atoms with Crippen molar-refractivity contribution in [2.75, 3.05) is 31.1 Å². The molecule has 0 unspecified atom stereocenters. The maximum Gasteiger partial charge on any atom is 0.142 e. The van der Waals surface area contributed by atoms with Crippen LogP contribution in [0.4, 0.5) is 10.2 Å². The summed E-state index contributed by atoms with van der Waals surface area (Å²) in [6, 6.07) is 12.9. The number of nitrogens with zero attached hydrogens (tertiary/aromatic N) is 4. The van der Waals surface area contributed by atoms with Crippen molar-refractivity contribution < 1.29 is 4.39 Å². The zero-order valence-corrected chi connectivity index (χ0v) is 14.5. The Morgan fingerprint density at radius 1 is 1.00 bits per heavy atom. The minimum atomic E-state index is -0.269. The molecule has 4 rings (SSSR count). The highest BCUT2D eigenvalue weighted by Crippen LogP contribution is 2.26. The van der Waals surface area contributed by atoms with E-state index in [4.69, 9.17) is 11.6 Å². The van der Waals surface area contributed by atoms with Gasteiger partial charge < -0.3 is 4.90 Å². The van der Waals surface area contributed by atoms with Gasteiger partial charge in [-0.1, -0.05) is 29.8 Å². The third kappa shape index (κ3) is 3.43. The predicted octanol–water partition coefficient (Wildman–Crippen LogP) is 3.74. The van der Waals surface area contributed by atoms with Crippen molar-refractivity contribution >= 4 is 28.3 Å². The summed E-state index contributed by atoms with van der Waals surface area (Å²) in [6.45, 7) is 4.27. The van der Waals surface area contributed by atoms with Crippen LogP contribution in [0.25, 0.3) is 10.9 Å². The molecule has 0 N–H and O–H groups in total. The Bertz CT molecular complexity index is 888. The van der Waals surface area contributed by atoms with Crippen molar-refractivity contribution in [3.05, 3.63) is 65.2 Å². The molecule has 1 saturated heterocycles. The van der Waals surface area contributed by atoms with Crippen molar-refractivity contribution in [2.45, 2.75) is 6.54 Å². The van der Waals surface area contributed by atoms with Crippen molar-refractivity contribution in [1.29, 1.82) is 0 Å². The molecule has 2 heterocycles. The number of anilines is 1. The fourth-order valence-corrected chi connectivity index (χ4v) is 3.52. The van der Waals surface area contributed by atoms with Gasteiger partial charge in [0.2, 0.25) is 0 Å². The number of hydrogen-bond acceptors (Lipinski definition) is 4. The normalized spacial score (nSPS) is 15.7. The largest absolute Gasteiger partial charge is 0.353 e. The lowest BCUT2D eigenvalue weighted by atomic mass is 10.1. The molecule has 0 spiro atoms. The first-order valence-corrected chi connectivity index (χ1v) is 8.69. The average Bonchev–Trinajstić information content (AvgIpc) is 2.62. The molecular formula is C19H18ClFN4. The smallest absolute Gasteiger partial charge is 0.142 e. The molecule has 1 aliphatic rings. The van der Waals surface area contributed by atoms with Crippen molar-refractivity contribution in [1.82, 2.24) is 14.9 Å². The lowest BCUT2D eigenvalue weighted by Crippen LogP contribution is -2.46. The van der Waals surface area contributed by atoms with Crippen LogP contribution in [0.3, 0.4) is 0 Å². The van der Waals surface area contributed by atoms with Crippen LogP contribution in [0.15, 0.2) is 48.8 Å². The molecular weight excluding hydrogens is 339 g/mol. The molecule has 6 heteroatoms. The maximum atomic E-state index is 14.3. The molecule has 1 aliphatic heterocycles. The van der Waals surface area contributed by atoms with E-state index in [2.05, 4.69) is 25.8 Å². The van der Waals surface area contributed by atoms with Crippen LogP contribution in [0, 0.1) is 5.82 Å². The van der Waals surface area contributed by atoms with E-state index < -0.39 is 0 Å². The van der Waals surface area contributed by atoms with Crippen LogP contribution < -0.4 is 4.90 Å². The van der Waals surface area contributed by atoms with Gasteiger partial charge >= 0.3 is 0 Å². The van der Waals surface area contributed by atoms with Gasteiger partial charge in [-0.3, -0.25) is 4.90 Å². The van der Waals surface area contributed by atoms with Crippen molar-refractivity contribution in [3.63, 3.8) is 0 Å². The zero-order chi connectivity index (χ0) is 17.2. The van der Waals surface area contributed by atoms with E-state index in [1.165, 1.54) is 18.0 Å². The van der Waals surface area contributed by atoms with Gasteiger partial charge in [0, 0.05) is 37.7 Å². The van der Waals surface area contributed by atoms with Gasteiger partial charge in [-0.2, -0.15) is 0 Å². The van der Waals surface area contributed by atoms with Crippen LogP contribution in [0.1, 0.15) is 5.56 Å². The summed E-state index contributed by atoms with van der Waals surface area (Å²) in [5.41, 5.74) is 1.85. The van der Waals surface area contributed by atoms with E-state index in [1.807, 2.05) is 24.3 Å². The molecule has 0 radical (unpaired) electrons. The van der Waals surface area contributed by atoms with Gasteiger partial charge in [0.05, 0.1) is 10.9 Å². The molecule has 0 atom stereocenters. The monoisotopic (exact) mass is 356 g/mol. The Morgan fingerprint density at radius 2 is 1.80 bits per heavy atom.